The third-order valence-corrected chi connectivity index (χ3v) is 8.91. The SMILES string of the molecule is c1ccc(C2NC(c3ccccc3)NC(c3cc(-n4c5ccccc5c5ccccc54)cc4oc5ccccc5c34)N2)cc1. The molecule has 1 fully saturated rings. The molecule has 6 aromatic carbocycles. The minimum Gasteiger partial charge on any atom is -0.456 e. The summed E-state index contributed by atoms with van der Waals surface area (Å²) in [6, 6.07) is 51.4. The first kappa shape index (κ1) is 25.3. The Morgan fingerprint density at radius 1 is 0.455 bits per heavy atom. The summed E-state index contributed by atoms with van der Waals surface area (Å²) in [5.41, 5.74) is 8.69. The summed E-state index contributed by atoms with van der Waals surface area (Å²) in [5.74, 6) is 0. The van der Waals surface area contributed by atoms with Crippen molar-refractivity contribution in [2.75, 3.05) is 0 Å². The molecule has 5 heteroatoms. The van der Waals surface area contributed by atoms with Crippen molar-refractivity contribution in [1.29, 1.82) is 0 Å². The van der Waals surface area contributed by atoms with Crippen LogP contribution in [0.25, 0.3) is 49.4 Å². The lowest BCUT2D eigenvalue weighted by Gasteiger charge is -2.40. The van der Waals surface area contributed by atoms with E-state index in [9.17, 15) is 0 Å². The van der Waals surface area contributed by atoms with Crippen molar-refractivity contribution in [1.82, 2.24) is 20.5 Å². The highest BCUT2D eigenvalue weighted by molar-refractivity contribution is 6.11. The lowest BCUT2D eigenvalue weighted by molar-refractivity contribution is 0.204. The van der Waals surface area contributed by atoms with E-state index in [2.05, 4.69) is 160 Å². The van der Waals surface area contributed by atoms with Crippen molar-refractivity contribution >= 4 is 43.7 Å². The first-order valence-electron chi connectivity index (χ1n) is 15.1. The van der Waals surface area contributed by atoms with Crippen LogP contribution in [0.3, 0.4) is 0 Å². The number of aromatic nitrogens is 1. The Hall–Kier alpha value is -5.20. The van der Waals surface area contributed by atoms with E-state index in [-0.39, 0.29) is 18.5 Å². The molecule has 3 heterocycles. The van der Waals surface area contributed by atoms with Crippen molar-refractivity contribution in [3.05, 3.63) is 162 Å². The molecule has 0 radical (unpaired) electrons. The van der Waals surface area contributed by atoms with Gasteiger partial charge in [-0.2, -0.15) is 0 Å². The largest absolute Gasteiger partial charge is 0.456 e. The zero-order valence-corrected chi connectivity index (χ0v) is 23.9. The summed E-state index contributed by atoms with van der Waals surface area (Å²) in [6.45, 7) is 0. The maximum atomic E-state index is 6.59. The number of nitrogens with one attached hydrogen (secondary N) is 3. The second-order valence-corrected chi connectivity index (χ2v) is 11.5. The molecular formula is C39H30N4O. The smallest absolute Gasteiger partial charge is 0.137 e. The van der Waals surface area contributed by atoms with Gasteiger partial charge in [-0.05, 0) is 41.0 Å². The number of hydrogen-bond donors (Lipinski definition) is 3. The molecule has 1 aliphatic heterocycles. The molecule has 9 rings (SSSR count). The number of rotatable bonds is 4. The highest BCUT2D eigenvalue weighted by atomic mass is 16.3. The van der Waals surface area contributed by atoms with Crippen LogP contribution in [0.5, 0.6) is 0 Å². The monoisotopic (exact) mass is 570 g/mol. The zero-order valence-electron chi connectivity index (χ0n) is 23.9. The first-order valence-corrected chi connectivity index (χ1v) is 15.1. The van der Waals surface area contributed by atoms with Gasteiger partial charge in [0.15, 0.2) is 0 Å². The molecule has 8 aromatic rings. The Kier molecular flexibility index (Phi) is 5.87. The Labute approximate surface area is 254 Å². The van der Waals surface area contributed by atoms with Gasteiger partial charge in [0, 0.05) is 27.6 Å². The highest BCUT2D eigenvalue weighted by Crippen LogP contribution is 2.40. The molecule has 2 aromatic heterocycles. The van der Waals surface area contributed by atoms with Gasteiger partial charge in [-0.25, -0.2) is 0 Å². The van der Waals surface area contributed by atoms with Gasteiger partial charge in [-0.15, -0.1) is 0 Å². The van der Waals surface area contributed by atoms with E-state index in [1.807, 2.05) is 6.07 Å². The average molecular weight is 571 g/mol. The summed E-state index contributed by atoms with van der Waals surface area (Å²) < 4.78 is 8.95. The van der Waals surface area contributed by atoms with Gasteiger partial charge in [0.1, 0.15) is 11.2 Å². The number of furan rings is 1. The molecule has 5 nitrogen and oxygen atoms in total. The number of para-hydroxylation sites is 3. The molecule has 2 atom stereocenters. The molecular weight excluding hydrogens is 540 g/mol. The Balaban J connectivity index is 1.29. The van der Waals surface area contributed by atoms with E-state index in [4.69, 9.17) is 4.42 Å². The molecule has 3 N–H and O–H groups in total. The third kappa shape index (κ3) is 4.06. The van der Waals surface area contributed by atoms with E-state index in [1.165, 1.54) is 32.9 Å². The molecule has 212 valence electrons. The number of hydrogen-bond acceptors (Lipinski definition) is 4. The average Bonchev–Trinajstić information content (AvgIpc) is 3.64. The molecule has 0 amide bonds. The second-order valence-electron chi connectivity index (χ2n) is 11.5. The Morgan fingerprint density at radius 3 is 1.57 bits per heavy atom. The molecule has 1 aliphatic rings. The predicted octanol–water partition coefficient (Wildman–Crippen LogP) is 8.86. The van der Waals surface area contributed by atoms with Crippen LogP contribution in [-0.4, -0.2) is 4.57 Å². The van der Waals surface area contributed by atoms with Crippen molar-refractivity contribution in [3.63, 3.8) is 0 Å². The van der Waals surface area contributed by atoms with Crippen LogP contribution in [0.1, 0.15) is 35.2 Å². The second kappa shape index (κ2) is 10.2. The first-order chi connectivity index (χ1) is 21.8. The summed E-state index contributed by atoms with van der Waals surface area (Å²) in [7, 11) is 0. The van der Waals surface area contributed by atoms with Gasteiger partial charge >= 0.3 is 0 Å². The van der Waals surface area contributed by atoms with E-state index >= 15 is 0 Å². The van der Waals surface area contributed by atoms with Crippen molar-refractivity contribution < 1.29 is 4.42 Å². The van der Waals surface area contributed by atoms with Gasteiger partial charge < -0.3 is 8.98 Å². The van der Waals surface area contributed by atoms with Crippen LogP contribution in [0.4, 0.5) is 0 Å². The fourth-order valence-corrected chi connectivity index (χ4v) is 6.93. The fraction of sp³-hybridized carbons (Fsp3) is 0.0769. The zero-order chi connectivity index (χ0) is 29.0. The highest BCUT2D eigenvalue weighted by Gasteiger charge is 2.32. The summed E-state index contributed by atoms with van der Waals surface area (Å²) in [5, 5.41) is 16.3. The molecule has 0 spiro atoms. The van der Waals surface area contributed by atoms with Crippen LogP contribution in [0.15, 0.2) is 150 Å². The minimum atomic E-state index is -0.178. The van der Waals surface area contributed by atoms with Crippen LogP contribution < -0.4 is 16.0 Å². The van der Waals surface area contributed by atoms with Gasteiger partial charge in [-0.3, -0.25) is 16.0 Å². The van der Waals surface area contributed by atoms with Crippen LogP contribution in [-0.2, 0) is 0 Å². The number of benzene rings is 6. The van der Waals surface area contributed by atoms with Crippen molar-refractivity contribution in [3.8, 4) is 5.69 Å². The maximum Gasteiger partial charge on any atom is 0.137 e. The van der Waals surface area contributed by atoms with E-state index in [0.717, 1.165) is 33.2 Å². The van der Waals surface area contributed by atoms with E-state index < -0.39 is 0 Å². The molecule has 0 aliphatic carbocycles. The quantitative estimate of drug-likeness (QED) is 0.198. The summed E-state index contributed by atoms with van der Waals surface area (Å²) in [6.07, 6.45) is -0.321. The normalized spacial score (nSPS) is 18.9. The molecule has 0 saturated carbocycles. The molecule has 2 unspecified atom stereocenters. The lowest BCUT2D eigenvalue weighted by atomic mass is 9.99. The Morgan fingerprint density at radius 2 is 0.955 bits per heavy atom. The third-order valence-electron chi connectivity index (χ3n) is 8.91. The van der Waals surface area contributed by atoms with Gasteiger partial charge in [0.05, 0.1) is 35.2 Å². The maximum absolute atomic E-state index is 6.59. The van der Waals surface area contributed by atoms with E-state index in [0.29, 0.717) is 0 Å². The van der Waals surface area contributed by atoms with Crippen molar-refractivity contribution in [2.24, 2.45) is 0 Å². The summed E-state index contributed by atoms with van der Waals surface area (Å²) >= 11 is 0. The van der Waals surface area contributed by atoms with Crippen LogP contribution in [0.2, 0.25) is 0 Å². The van der Waals surface area contributed by atoms with Crippen molar-refractivity contribution in [2.45, 2.75) is 18.5 Å². The van der Waals surface area contributed by atoms with E-state index in [1.54, 1.807) is 0 Å². The van der Waals surface area contributed by atoms with Gasteiger partial charge in [-0.1, -0.05) is 115 Å². The molecule has 0 bridgehead atoms. The standard InChI is InChI=1S/C39H30N4O/c1-3-13-25(14-4-1)37-40-38(26-15-5-2-6-16-26)42-39(41-37)31-23-27(24-35-36(31)30-19-9-12-22-34(30)44-35)43-32-20-10-7-17-28(32)29-18-8-11-21-33(29)43/h1-24,37-42H. The Bertz CT molecular complexity index is 2190. The van der Waals surface area contributed by atoms with Crippen LogP contribution in [0, 0.1) is 0 Å². The lowest BCUT2D eigenvalue weighted by Crippen LogP contribution is -2.54. The van der Waals surface area contributed by atoms with Crippen LogP contribution >= 0.6 is 0 Å². The predicted molar refractivity (Wildman–Crippen MR) is 179 cm³/mol. The topological polar surface area (TPSA) is 54.2 Å². The molecule has 44 heavy (non-hydrogen) atoms. The van der Waals surface area contributed by atoms with Gasteiger partial charge in [0.25, 0.3) is 0 Å². The minimum absolute atomic E-state index is 0.0715. The number of nitrogens with zero attached hydrogens (tertiary/aromatic N) is 1. The molecule has 1 saturated heterocycles. The summed E-state index contributed by atoms with van der Waals surface area (Å²) in [4.78, 5) is 0. The number of fused-ring (bicyclic) bond motifs is 6. The fourth-order valence-electron chi connectivity index (χ4n) is 6.93. The van der Waals surface area contributed by atoms with Gasteiger partial charge in [0.2, 0.25) is 0 Å².